The minimum atomic E-state index is 0.504. The number of unbranched alkanes of at least 4 members (excludes halogenated alkanes) is 1. The number of aliphatic imine (C=N–C) groups is 1. The lowest BCUT2D eigenvalue weighted by Crippen LogP contribution is -2.13. The van der Waals surface area contributed by atoms with E-state index in [0.717, 1.165) is 23.3 Å². The summed E-state index contributed by atoms with van der Waals surface area (Å²) >= 11 is 0. The number of furan rings is 1. The van der Waals surface area contributed by atoms with Crippen molar-refractivity contribution in [3.8, 4) is 17.4 Å². The minimum absolute atomic E-state index is 0.504. The molecule has 0 saturated carbocycles. The first-order valence-corrected chi connectivity index (χ1v) is 6.12. The molecule has 96 valence electrons. The summed E-state index contributed by atoms with van der Waals surface area (Å²) < 4.78 is 5.32. The van der Waals surface area contributed by atoms with Gasteiger partial charge in [-0.1, -0.05) is 24.3 Å². The Labute approximate surface area is 112 Å². The average Bonchev–Trinajstić information content (AvgIpc) is 2.98. The number of nitrogens with two attached hydrogens (primary N) is 1. The molecule has 2 N–H and O–H groups in total. The second-order valence-electron chi connectivity index (χ2n) is 4.08. The Hall–Kier alpha value is -2.54. The Morgan fingerprint density at radius 3 is 2.68 bits per heavy atom. The molecule has 19 heavy (non-hydrogen) atoms. The molecule has 1 aromatic heterocycles. The molecule has 4 nitrogen and oxygen atoms in total. The van der Waals surface area contributed by atoms with Crippen LogP contribution in [-0.4, -0.2) is 12.4 Å². The molecular formula is C15H15N3O. The number of nitriles is 1. The molecule has 0 unspecified atom stereocenters. The van der Waals surface area contributed by atoms with E-state index in [2.05, 4.69) is 11.1 Å². The number of rotatable bonds is 5. The molecule has 0 atom stereocenters. The van der Waals surface area contributed by atoms with Crippen molar-refractivity contribution in [3.63, 3.8) is 0 Å². The number of amidine groups is 1. The smallest absolute Gasteiger partial charge is 0.133 e. The van der Waals surface area contributed by atoms with Crippen LogP contribution < -0.4 is 5.73 Å². The number of nitrogens with zero attached hydrogens (tertiary/aromatic N) is 2. The molecule has 2 aromatic rings. The third kappa shape index (κ3) is 3.46. The van der Waals surface area contributed by atoms with Crippen molar-refractivity contribution in [2.24, 2.45) is 10.7 Å². The fraction of sp³-hybridized carbons (Fsp3) is 0.200. The highest BCUT2D eigenvalue weighted by Gasteiger charge is 2.02. The Kier molecular flexibility index (Phi) is 4.35. The molecule has 0 aliphatic carbocycles. The molecule has 4 heteroatoms. The first-order valence-electron chi connectivity index (χ1n) is 6.12. The van der Waals surface area contributed by atoms with Gasteiger partial charge < -0.3 is 10.2 Å². The maximum Gasteiger partial charge on any atom is 0.133 e. The largest absolute Gasteiger partial charge is 0.464 e. The van der Waals surface area contributed by atoms with Gasteiger partial charge in [-0.05, 0) is 18.6 Å². The summed E-state index contributed by atoms with van der Waals surface area (Å²) in [7, 11) is 0. The average molecular weight is 253 g/mol. The van der Waals surface area contributed by atoms with E-state index < -0.39 is 0 Å². The summed E-state index contributed by atoms with van der Waals surface area (Å²) in [6, 6.07) is 13.6. The van der Waals surface area contributed by atoms with Crippen LogP contribution in [0.3, 0.4) is 0 Å². The van der Waals surface area contributed by atoms with Crippen molar-refractivity contribution < 1.29 is 4.42 Å². The van der Waals surface area contributed by atoms with E-state index in [1.165, 1.54) is 0 Å². The predicted octanol–water partition coefficient (Wildman–Crippen LogP) is 2.96. The van der Waals surface area contributed by atoms with E-state index in [9.17, 15) is 0 Å². The lowest BCUT2D eigenvalue weighted by molar-refractivity contribution is 0.582. The number of benzene rings is 1. The quantitative estimate of drug-likeness (QED) is 0.505. The van der Waals surface area contributed by atoms with E-state index in [1.54, 1.807) is 6.26 Å². The molecule has 0 fully saturated rings. The monoisotopic (exact) mass is 253 g/mol. The number of hydrogen-bond donors (Lipinski definition) is 1. The highest BCUT2D eigenvalue weighted by atomic mass is 16.3. The molecule has 1 heterocycles. The van der Waals surface area contributed by atoms with Crippen LogP contribution in [0.2, 0.25) is 0 Å². The summed E-state index contributed by atoms with van der Waals surface area (Å²) in [6.45, 7) is 0.583. The summed E-state index contributed by atoms with van der Waals surface area (Å²) in [5.74, 6) is 1.33. The van der Waals surface area contributed by atoms with E-state index in [4.69, 9.17) is 15.4 Å². The minimum Gasteiger partial charge on any atom is -0.464 e. The van der Waals surface area contributed by atoms with E-state index in [1.807, 2.05) is 36.4 Å². The molecular weight excluding hydrogens is 238 g/mol. The van der Waals surface area contributed by atoms with Crippen molar-refractivity contribution in [2.45, 2.75) is 12.8 Å². The molecule has 0 aliphatic heterocycles. The molecule has 0 radical (unpaired) electrons. The first kappa shape index (κ1) is 12.9. The summed E-state index contributed by atoms with van der Waals surface area (Å²) in [4.78, 5) is 4.24. The first-order chi connectivity index (χ1) is 9.31. The Balaban J connectivity index is 2.04. The van der Waals surface area contributed by atoms with Crippen LogP contribution in [0, 0.1) is 11.3 Å². The molecule has 1 aromatic carbocycles. The Morgan fingerprint density at radius 1 is 1.26 bits per heavy atom. The number of hydrogen-bond acceptors (Lipinski definition) is 3. The van der Waals surface area contributed by atoms with Gasteiger partial charge >= 0.3 is 0 Å². The van der Waals surface area contributed by atoms with Gasteiger partial charge in [-0.2, -0.15) is 5.26 Å². The van der Waals surface area contributed by atoms with Crippen molar-refractivity contribution in [1.29, 1.82) is 5.26 Å². The van der Waals surface area contributed by atoms with Gasteiger partial charge in [-0.15, -0.1) is 0 Å². The van der Waals surface area contributed by atoms with Crippen LogP contribution in [0.5, 0.6) is 0 Å². The molecule has 2 rings (SSSR count). The van der Waals surface area contributed by atoms with Crippen molar-refractivity contribution in [2.75, 3.05) is 6.54 Å². The summed E-state index contributed by atoms with van der Waals surface area (Å²) in [5.41, 5.74) is 7.78. The van der Waals surface area contributed by atoms with Gasteiger partial charge in [0.15, 0.2) is 0 Å². The maximum absolute atomic E-state index is 8.43. The normalized spacial score (nSPS) is 11.2. The summed E-state index contributed by atoms with van der Waals surface area (Å²) in [5, 5.41) is 8.43. The molecule has 0 aliphatic rings. The Morgan fingerprint density at radius 2 is 2.05 bits per heavy atom. The van der Waals surface area contributed by atoms with Crippen LogP contribution in [0.15, 0.2) is 52.1 Å². The van der Waals surface area contributed by atoms with Crippen LogP contribution in [0.4, 0.5) is 0 Å². The molecule has 0 amide bonds. The lowest BCUT2D eigenvalue weighted by atomic mass is 10.1. The zero-order valence-electron chi connectivity index (χ0n) is 10.5. The maximum atomic E-state index is 8.43. The SMILES string of the molecule is N#CCCCN=C(N)c1ccc(-c2ccco2)cc1. The van der Waals surface area contributed by atoms with E-state index in [-0.39, 0.29) is 0 Å². The standard InChI is InChI=1S/C15H15N3O/c16-9-1-2-10-18-15(17)13-7-5-12(6-8-13)14-4-3-11-19-14/h3-8,11H,1-2,10H2,(H2,17,18). The Bertz CT molecular complexity index is 577. The topological polar surface area (TPSA) is 75.3 Å². The van der Waals surface area contributed by atoms with E-state index >= 15 is 0 Å². The third-order valence-corrected chi connectivity index (χ3v) is 2.72. The molecule has 0 saturated heterocycles. The molecule has 0 spiro atoms. The van der Waals surface area contributed by atoms with Crippen molar-refractivity contribution in [3.05, 3.63) is 48.2 Å². The van der Waals surface area contributed by atoms with Gasteiger partial charge in [0.05, 0.1) is 12.3 Å². The van der Waals surface area contributed by atoms with Crippen LogP contribution >= 0.6 is 0 Å². The van der Waals surface area contributed by atoms with Gasteiger partial charge in [-0.3, -0.25) is 4.99 Å². The summed E-state index contributed by atoms with van der Waals surface area (Å²) in [6.07, 6.45) is 2.89. The predicted molar refractivity (Wildman–Crippen MR) is 74.6 cm³/mol. The third-order valence-electron chi connectivity index (χ3n) is 2.72. The fourth-order valence-electron chi connectivity index (χ4n) is 1.70. The van der Waals surface area contributed by atoms with Crippen molar-refractivity contribution >= 4 is 5.84 Å². The van der Waals surface area contributed by atoms with Crippen molar-refractivity contribution in [1.82, 2.24) is 0 Å². The zero-order valence-corrected chi connectivity index (χ0v) is 10.5. The van der Waals surface area contributed by atoms with Gasteiger partial charge in [-0.25, -0.2) is 0 Å². The van der Waals surface area contributed by atoms with E-state index in [0.29, 0.717) is 18.8 Å². The van der Waals surface area contributed by atoms with Crippen LogP contribution in [0.25, 0.3) is 11.3 Å². The van der Waals surface area contributed by atoms with Gasteiger partial charge in [0, 0.05) is 24.1 Å². The highest BCUT2D eigenvalue weighted by molar-refractivity contribution is 5.97. The molecule has 0 bridgehead atoms. The van der Waals surface area contributed by atoms with Crippen LogP contribution in [0.1, 0.15) is 18.4 Å². The van der Waals surface area contributed by atoms with Gasteiger partial charge in [0.25, 0.3) is 0 Å². The van der Waals surface area contributed by atoms with Crippen LogP contribution in [-0.2, 0) is 0 Å². The second-order valence-corrected chi connectivity index (χ2v) is 4.08. The zero-order chi connectivity index (χ0) is 13.5. The lowest BCUT2D eigenvalue weighted by Gasteiger charge is -2.02. The fourth-order valence-corrected chi connectivity index (χ4v) is 1.70. The van der Waals surface area contributed by atoms with Gasteiger partial charge in [0.1, 0.15) is 11.6 Å². The highest BCUT2D eigenvalue weighted by Crippen LogP contribution is 2.19. The second kappa shape index (κ2) is 6.41. The van der Waals surface area contributed by atoms with Gasteiger partial charge in [0.2, 0.25) is 0 Å².